The molecule has 1 N–H and O–H groups in total. The average molecular weight is 507 g/mol. The molecule has 0 aliphatic rings. The fraction of sp³-hybridized carbons (Fsp3) is 0.240. The van der Waals surface area contributed by atoms with Crippen LogP contribution in [0.4, 0.5) is 14.5 Å². The van der Waals surface area contributed by atoms with Crippen LogP contribution in [0.25, 0.3) is 16.9 Å². The zero-order chi connectivity index (χ0) is 26.1. The van der Waals surface area contributed by atoms with Crippen LogP contribution >= 0.6 is 0 Å². The molecule has 0 saturated heterocycles. The molecule has 0 fully saturated rings. The molecule has 190 valence electrons. The van der Waals surface area contributed by atoms with Crippen molar-refractivity contribution in [3.8, 4) is 17.0 Å². The van der Waals surface area contributed by atoms with Crippen LogP contribution in [0.2, 0.25) is 0 Å². The van der Waals surface area contributed by atoms with Crippen molar-refractivity contribution in [3.63, 3.8) is 0 Å². The number of para-hydroxylation sites is 1. The Morgan fingerprint density at radius 1 is 1.14 bits per heavy atom. The number of ether oxygens (including phenoxy) is 1. The minimum Gasteiger partial charge on any atom is -0.496 e. The minimum atomic E-state index is -2.84. The number of carbonyl (C=O) groups excluding carboxylic acids is 1. The number of nitrogens with one attached hydrogen (secondary N) is 1. The summed E-state index contributed by atoms with van der Waals surface area (Å²) in [5, 5.41) is 15.4. The average Bonchev–Trinajstić information content (AvgIpc) is 3.62. The van der Waals surface area contributed by atoms with Crippen LogP contribution in [-0.2, 0) is 13.1 Å². The van der Waals surface area contributed by atoms with Gasteiger partial charge in [-0.2, -0.15) is 15.3 Å². The summed E-state index contributed by atoms with van der Waals surface area (Å²) in [6.07, 6.45) is 3.38. The minimum absolute atomic E-state index is 0.00574. The van der Waals surface area contributed by atoms with E-state index >= 15 is 0 Å². The fourth-order valence-corrected chi connectivity index (χ4v) is 4.14. The number of anilines is 1. The summed E-state index contributed by atoms with van der Waals surface area (Å²) in [7, 11) is 1.49. The number of halogens is 2. The molecule has 1 aromatic carbocycles. The molecule has 1 amide bonds. The number of aromatic nitrogens is 7. The monoisotopic (exact) mass is 506 g/mol. The highest BCUT2D eigenvalue weighted by molar-refractivity contribution is 6.08. The summed E-state index contributed by atoms with van der Waals surface area (Å²) in [6, 6.07) is 8.19. The van der Waals surface area contributed by atoms with Gasteiger partial charge in [-0.15, -0.1) is 0 Å². The molecule has 37 heavy (non-hydrogen) atoms. The summed E-state index contributed by atoms with van der Waals surface area (Å²) in [6.45, 7) is 5.26. The molecule has 0 bridgehead atoms. The first-order chi connectivity index (χ1) is 17.9. The van der Waals surface area contributed by atoms with Gasteiger partial charge in [-0.3, -0.25) is 14.2 Å². The maximum Gasteiger partial charge on any atom is 0.280 e. The van der Waals surface area contributed by atoms with Gasteiger partial charge in [0.25, 0.3) is 12.3 Å². The summed E-state index contributed by atoms with van der Waals surface area (Å²) in [5.74, 6) is -0.0772. The number of hydrogen-bond donors (Lipinski definition) is 1. The molecule has 0 aliphatic carbocycles. The Balaban J connectivity index is 1.45. The second-order valence-corrected chi connectivity index (χ2v) is 8.31. The molecule has 0 spiro atoms. The number of nitrogens with zero attached hydrogens (tertiary/aromatic N) is 7. The van der Waals surface area contributed by atoms with Crippen LogP contribution in [0, 0.1) is 6.92 Å². The largest absolute Gasteiger partial charge is 0.496 e. The normalized spacial score (nSPS) is 11.4. The van der Waals surface area contributed by atoms with Gasteiger partial charge in [-0.25, -0.2) is 18.3 Å². The Labute approximate surface area is 210 Å². The number of fused-ring (bicyclic) bond motifs is 1. The van der Waals surface area contributed by atoms with E-state index in [1.807, 2.05) is 18.5 Å². The topological polar surface area (TPSA) is 104 Å². The SMILES string of the molecule is CCn1ncc(Cn2cc(NC(=O)c3cnn4c(C(F)F)cc(-c5ccccc5OC)nc34)cn2)c1C. The molecule has 0 saturated carbocycles. The predicted octanol–water partition coefficient (Wildman–Crippen LogP) is 4.36. The molecule has 0 radical (unpaired) electrons. The van der Waals surface area contributed by atoms with Crippen molar-refractivity contribution in [3.05, 3.63) is 77.6 Å². The maximum absolute atomic E-state index is 13.9. The van der Waals surface area contributed by atoms with Crippen LogP contribution in [0.3, 0.4) is 0 Å². The number of aryl methyl sites for hydroxylation is 1. The lowest BCUT2D eigenvalue weighted by molar-refractivity contribution is 0.102. The Bertz CT molecular complexity index is 1590. The molecule has 0 atom stereocenters. The van der Waals surface area contributed by atoms with Crippen molar-refractivity contribution in [1.82, 2.24) is 34.2 Å². The lowest BCUT2D eigenvalue weighted by atomic mass is 10.1. The highest BCUT2D eigenvalue weighted by Gasteiger charge is 2.23. The van der Waals surface area contributed by atoms with Crippen LogP contribution in [-0.4, -0.2) is 47.2 Å². The van der Waals surface area contributed by atoms with Crippen LogP contribution in [0.15, 0.2) is 55.1 Å². The summed E-state index contributed by atoms with van der Waals surface area (Å²) in [5.41, 5.74) is 2.92. The van der Waals surface area contributed by atoms with Gasteiger partial charge >= 0.3 is 0 Å². The first-order valence-electron chi connectivity index (χ1n) is 11.5. The molecule has 4 aromatic heterocycles. The number of hydrogen-bond acceptors (Lipinski definition) is 6. The molecular formula is C25H24F2N8O2. The number of carbonyl (C=O) groups is 1. The molecule has 5 rings (SSSR count). The van der Waals surface area contributed by atoms with Gasteiger partial charge in [-0.05, 0) is 32.0 Å². The lowest BCUT2D eigenvalue weighted by Gasteiger charge is -2.11. The van der Waals surface area contributed by atoms with Crippen LogP contribution < -0.4 is 10.1 Å². The molecule has 4 heterocycles. The third-order valence-electron chi connectivity index (χ3n) is 6.08. The number of benzene rings is 1. The standard InChI is InChI=1S/C25H24F2N8O2/c1-4-34-15(2)16(10-29-34)13-33-14-17(11-28-33)31-25(36)19-12-30-35-21(23(26)27)9-20(32-24(19)35)18-7-5-6-8-22(18)37-3/h5-12,14,23H,4,13H2,1-3H3,(H,31,36). The van der Waals surface area contributed by atoms with Gasteiger partial charge in [0.1, 0.15) is 17.0 Å². The van der Waals surface area contributed by atoms with Crippen molar-refractivity contribution in [1.29, 1.82) is 0 Å². The van der Waals surface area contributed by atoms with E-state index in [9.17, 15) is 13.6 Å². The summed E-state index contributed by atoms with van der Waals surface area (Å²) >= 11 is 0. The first kappa shape index (κ1) is 24.1. The molecule has 10 nitrogen and oxygen atoms in total. The Hall–Kier alpha value is -4.61. The van der Waals surface area contributed by atoms with Gasteiger partial charge in [0.2, 0.25) is 0 Å². The van der Waals surface area contributed by atoms with E-state index in [0.29, 0.717) is 23.5 Å². The number of rotatable bonds is 8. The molecule has 0 aliphatic heterocycles. The van der Waals surface area contributed by atoms with Gasteiger partial charge < -0.3 is 10.1 Å². The van der Waals surface area contributed by atoms with Crippen LogP contribution in [0.1, 0.15) is 40.7 Å². The zero-order valence-electron chi connectivity index (χ0n) is 20.4. The molecule has 0 unspecified atom stereocenters. The van der Waals surface area contributed by atoms with Crippen LogP contribution in [0.5, 0.6) is 5.75 Å². The van der Waals surface area contributed by atoms with E-state index < -0.39 is 12.3 Å². The fourth-order valence-electron chi connectivity index (χ4n) is 4.14. The van der Waals surface area contributed by atoms with Crippen molar-refractivity contribution in [2.75, 3.05) is 12.4 Å². The molecule has 5 aromatic rings. The lowest BCUT2D eigenvalue weighted by Crippen LogP contribution is -2.12. The Morgan fingerprint density at radius 3 is 2.68 bits per heavy atom. The quantitative estimate of drug-likeness (QED) is 0.335. The van der Waals surface area contributed by atoms with Crippen molar-refractivity contribution >= 4 is 17.2 Å². The highest BCUT2D eigenvalue weighted by Crippen LogP contribution is 2.32. The molecular weight excluding hydrogens is 482 g/mol. The van der Waals surface area contributed by atoms with E-state index in [-0.39, 0.29) is 22.6 Å². The maximum atomic E-state index is 13.9. The van der Waals surface area contributed by atoms with Crippen molar-refractivity contribution in [2.45, 2.75) is 33.4 Å². The van der Waals surface area contributed by atoms with E-state index in [1.54, 1.807) is 41.3 Å². The third kappa shape index (κ3) is 4.53. The zero-order valence-corrected chi connectivity index (χ0v) is 20.4. The number of alkyl halides is 2. The van der Waals surface area contributed by atoms with E-state index in [0.717, 1.165) is 22.3 Å². The summed E-state index contributed by atoms with van der Waals surface area (Å²) in [4.78, 5) is 17.6. The van der Waals surface area contributed by atoms with Crippen molar-refractivity contribution in [2.24, 2.45) is 0 Å². The molecule has 12 heteroatoms. The number of methoxy groups -OCH3 is 1. The van der Waals surface area contributed by atoms with Gasteiger partial charge in [0, 0.05) is 29.6 Å². The van der Waals surface area contributed by atoms with E-state index in [1.165, 1.54) is 25.6 Å². The Morgan fingerprint density at radius 2 is 1.95 bits per heavy atom. The van der Waals surface area contributed by atoms with Gasteiger partial charge in [0.15, 0.2) is 5.65 Å². The third-order valence-corrected chi connectivity index (χ3v) is 6.08. The van der Waals surface area contributed by atoms with Crippen molar-refractivity contribution < 1.29 is 18.3 Å². The second-order valence-electron chi connectivity index (χ2n) is 8.31. The summed E-state index contributed by atoms with van der Waals surface area (Å²) < 4.78 is 37.8. The first-order valence-corrected chi connectivity index (χ1v) is 11.5. The smallest absolute Gasteiger partial charge is 0.280 e. The van der Waals surface area contributed by atoms with E-state index in [2.05, 4.69) is 25.6 Å². The highest BCUT2D eigenvalue weighted by atomic mass is 19.3. The van der Waals surface area contributed by atoms with Gasteiger partial charge in [-0.1, -0.05) is 12.1 Å². The second kappa shape index (κ2) is 9.80. The van der Waals surface area contributed by atoms with E-state index in [4.69, 9.17) is 4.74 Å². The number of amides is 1. The van der Waals surface area contributed by atoms with Gasteiger partial charge in [0.05, 0.1) is 43.6 Å². The Kier molecular flexibility index (Phi) is 6.38. The predicted molar refractivity (Wildman–Crippen MR) is 132 cm³/mol.